The van der Waals surface area contributed by atoms with Crippen LogP contribution in [-0.2, 0) is 14.3 Å². The predicted octanol–water partition coefficient (Wildman–Crippen LogP) is 7.25. The molecule has 0 saturated heterocycles. The average molecular weight is 542 g/mol. The molecule has 7 heteroatoms. The van der Waals surface area contributed by atoms with Crippen molar-refractivity contribution in [1.82, 2.24) is 5.32 Å². The SMILES string of the molecule is C=CCCOC(=O)[C@@H](NC(=O)\C=C/C=C\C(C)=C\c1ccc(O[Si](C)(C)C(C)(C)C)c(OC)c1)C(C)(C)C. The molecule has 0 aliphatic rings. The number of hydrogen-bond acceptors (Lipinski definition) is 5. The highest BCUT2D eigenvalue weighted by Gasteiger charge is 2.39. The maximum atomic E-state index is 12.4. The van der Waals surface area contributed by atoms with Gasteiger partial charge in [-0.1, -0.05) is 83.6 Å². The van der Waals surface area contributed by atoms with E-state index < -0.39 is 25.7 Å². The number of nitrogens with one attached hydrogen (secondary N) is 1. The molecule has 0 heterocycles. The molecule has 1 aromatic carbocycles. The van der Waals surface area contributed by atoms with Gasteiger partial charge in [-0.25, -0.2) is 4.79 Å². The first-order valence-corrected chi connectivity index (χ1v) is 15.9. The van der Waals surface area contributed by atoms with Crippen molar-refractivity contribution < 1.29 is 23.5 Å². The Kier molecular flexibility index (Phi) is 12.3. The summed E-state index contributed by atoms with van der Waals surface area (Å²) in [5.41, 5.74) is 1.49. The first kappa shape index (κ1) is 33.0. The van der Waals surface area contributed by atoms with Gasteiger partial charge in [-0.15, -0.1) is 6.58 Å². The number of carbonyl (C=O) groups is 2. The molecule has 1 amide bonds. The average Bonchev–Trinajstić information content (AvgIpc) is 2.79. The highest BCUT2D eigenvalue weighted by Crippen LogP contribution is 2.40. The number of esters is 1. The second-order valence-electron chi connectivity index (χ2n) is 11.9. The van der Waals surface area contributed by atoms with Gasteiger partial charge in [0.05, 0.1) is 13.7 Å². The third kappa shape index (κ3) is 10.7. The minimum Gasteiger partial charge on any atom is -0.541 e. The first-order valence-electron chi connectivity index (χ1n) is 13.0. The second-order valence-corrected chi connectivity index (χ2v) is 16.7. The van der Waals surface area contributed by atoms with E-state index in [9.17, 15) is 9.59 Å². The topological polar surface area (TPSA) is 73.9 Å². The predicted molar refractivity (Wildman–Crippen MR) is 160 cm³/mol. The Hall–Kier alpha value is -3.06. The van der Waals surface area contributed by atoms with E-state index in [2.05, 4.69) is 45.8 Å². The van der Waals surface area contributed by atoms with Crippen LogP contribution in [0.15, 0.2) is 60.7 Å². The number of rotatable bonds is 12. The second kappa shape index (κ2) is 14.2. The summed E-state index contributed by atoms with van der Waals surface area (Å²) >= 11 is 0. The molecule has 0 unspecified atom stereocenters. The molecule has 0 aliphatic carbocycles. The van der Waals surface area contributed by atoms with E-state index in [-0.39, 0.29) is 17.6 Å². The summed E-state index contributed by atoms with van der Waals surface area (Å²) in [4.78, 5) is 24.9. The van der Waals surface area contributed by atoms with E-state index in [4.69, 9.17) is 13.9 Å². The first-order chi connectivity index (χ1) is 17.5. The molecule has 6 nitrogen and oxygen atoms in total. The Morgan fingerprint density at radius 2 is 1.68 bits per heavy atom. The zero-order chi connectivity index (χ0) is 29.1. The van der Waals surface area contributed by atoms with Gasteiger partial charge in [0.15, 0.2) is 5.75 Å². The van der Waals surface area contributed by atoms with Gasteiger partial charge in [0.25, 0.3) is 8.32 Å². The van der Waals surface area contributed by atoms with Crippen molar-refractivity contribution in [2.45, 2.75) is 79.1 Å². The van der Waals surface area contributed by atoms with Gasteiger partial charge in [0.1, 0.15) is 11.8 Å². The zero-order valence-electron chi connectivity index (χ0n) is 24.9. The van der Waals surface area contributed by atoms with Crippen LogP contribution in [0.3, 0.4) is 0 Å². The Morgan fingerprint density at radius 3 is 2.24 bits per heavy atom. The zero-order valence-corrected chi connectivity index (χ0v) is 25.9. The third-order valence-corrected chi connectivity index (χ3v) is 10.8. The fourth-order valence-corrected chi connectivity index (χ4v) is 4.12. The van der Waals surface area contributed by atoms with Gasteiger partial charge in [-0.05, 0) is 54.6 Å². The molecule has 210 valence electrons. The largest absolute Gasteiger partial charge is 0.541 e. The molecule has 0 aliphatic heterocycles. The Morgan fingerprint density at radius 1 is 1.05 bits per heavy atom. The quantitative estimate of drug-likeness (QED) is 0.0754. The van der Waals surface area contributed by atoms with Crippen molar-refractivity contribution in [3.8, 4) is 11.5 Å². The van der Waals surface area contributed by atoms with Gasteiger partial charge in [0.2, 0.25) is 5.91 Å². The third-order valence-electron chi connectivity index (χ3n) is 6.43. The summed E-state index contributed by atoms with van der Waals surface area (Å²) in [6.07, 6.45) is 11.0. The smallest absolute Gasteiger partial charge is 0.329 e. The van der Waals surface area contributed by atoms with Gasteiger partial charge in [-0.3, -0.25) is 4.79 Å². The van der Waals surface area contributed by atoms with E-state index in [0.717, 1.165) is 16.9 Å². The standard InChI is InChI=1S/C31H47NO5Si/c1-12-13-20-36-29(34)28(30(3,4)5)32-27(33)17-15-14-16-23(2)21-24-18-19-25(26(22-24)35-9)37-38(10,11)31(6,7)8/h12,14-19,21-22,28H,1,13,20H2,2-11H3,(H,32,33)/b16-14-,17-15-,23-21+/t28-/m1/s1. The van der Waals surface area contributed by atoms with Crippen LogP contribution in [0.4, 0.5) is 0 Å². The Labute approximate surface area is 231 Å². The summed E-state index contributed by atoms with van der Waals surface area (Å²) in [6, 6.07) is 5.17. The van der Waals surface area contributed by atoms with Crippen molar-refractivity contribution in [2.24, 2.45) is 5.41 Å². The van der Waals surface area contributed by atoms with Gasteiger partial charge >= 0.3 is 5.97 Å². The number of allylic oxidation sites excluding steroid dienone is 4. The van der Waals surface area contributed by atoms with Crippen LogP contribution in [0.5, 0.6) is 11.5 Å². The van der Waals surface area contributed by atoms with Gasteiger partial charge in [0, 0.05) is 6.08 Å². The maximum Gasteiger partial charge on any atom is 0.329 e. The fraction of sp³-hybridized carbons (Fsp3) is 0.484. The molecule has 0 fully saturated rings. The Balaban J connectivity index is 2.87. The Bertz CT molecular complexity index is 1060. The molecule has 1 rings (SSSR count). The van der Waals surface area contributed by atoms with Crippen molar-refractivity contribution in [1.29, 1.82) is 0 Å². The van der Waals surface area contributed by atoms with Crippen LogP contribution in [0.25, 0.3) is 6.08 Å². The maximum absolute atomic E-state index is 12.4. The molecule has 1 aromatic rings. The van der Waals surface area contributed by atoms with E-state index in [1.54, 1.807) is 25.3 Å². The van der Waals surface area contributed by atoms with E-state index in [0.29, 0.717) is 12.2 Å². The highest BCUT2D eigenvalue weighted by molar-refractivity contribution is 6.74. The number of benzene rings is 1. The van der Waals surface area contributed by atoms with Crippen LogP contribution in [0.2, 0.25) is 18.1 Å². The molecule has 0 aromatic heterocycles. The van der Waals surface area contributed by atoms with Crippen molar-refractivity contribution in [3.63, 3.8) is 0 Å². The number of carbonyl (C=O) groups excluding carboxylic acids is 2. The molecule has 1 N–H and O–H groups in total. The van der Waals surface area contributed by atoms with E-state index >= 15 is 0 Å². The summed E-state index contributed by atoms with van der Waals surface area (Å²) in [6.45, 7) is 22.5. The molecule has 1 atom stereocenters. The molecular weight excluding hydrogens is 494 g/mol. The van der Waals surface area contributed by atoms with Crippen LogP contribution >= 0.6 is 0 Å². The summed E-state index contributed by atoms with van der Waals surface area (Å²) in [5.74, 6) is 0.649. The van der Waals surface area contributed by atoms with Crippen LogP contribution in [0, 0.1) is 5.41 Å². The number of ether oxygens (including phenoxy) is 2. The van der Waals surface area contributed by atoms with Crippen molar-refractivity contribution in [3.05, 3.63) is 66.3 Å². The molecule has 0 radical (unpaired) electrons. The summed E-state index contributed by atoms with van der Waals surface area (Å²) < 4.78 is 17.3. The van der Waals surface area contributed by atoms with E-state index in [1.807, 2.05) is 58.0 Å². The number of hydrogen-bond donors (Lipinski definition) is 1. The lowest BCUT2D eigenvalue weighted by molar-refractivity contribution is -0.150. The minimum atomic E-state index is -1.99. The lowest BCUT2D eigenvalue weighted by Gasteiger charge is -2.36. The molecule has 0 saturated carbocycles. The highest BCUT2D eigenvalue weighted by atomic mass is 28.4. The van der Waals surface area contributed by atoms with E-state index in [1.165, 1.54) is 6.08 Å². The lowest BCUT2D eigenvalue weighted by atomic mass is 9.86. The van der Waals surface area contributed by atoms with Crippen LogP contribution in [-0.4, -0.2) is 40.0 Å². The van der Waals surface area contributed by atoms with Gasteiger partial charge < -0.3 is 19.2 Å². The minimum absolute atomic E-state index is 0.0881. The number of methoxy groups -OCH3 is 1. The normalized spacial score (nSPS) is 13.9. The summed E-state index contributed by atoms with van der Waals surface area (Å²) in [7, 11) is -0.337. The monoisotopic (exact) mass is 541 g/mol. The lowest BCUT2D eigenvalue weighted by Crippen LogP contribution is -2.49. The van der Waals surface area contributed by atoms with Gasteiger partial charge in [-0.2, -0.15) is 0 Å². The molecule has 0 spiro atoms. The van der Waals surface area contributed by atoms with Crippen molar-refractivity contribution >= 4 is 26.3 Å². The van der Waals surface area contributed by atoms with Crippen molar-refractivity contribution in [2.75, 3.05) is 13.7 Å². The summed E-state index contributed by atoms with van der Waals surface area (Å²) in [5, 5.41) is 2.85. The number of amides is 1. The molecule has 0 bridgehead atoms. The van der Waals surface area contributed by atoms with Crippen LogP contribution in [0.1, 0.15) is 60.5 Å². The molecular formula is C31H47NO5Si. The molecule has 38 heavy (non-hydrogen) atoms. The van der Waals surface area contributed by atoms with Crippen LogP contribution < -0.4 is 14.5 Å². The fourth-order valence-electron chi connectivity index (χ4n) is 3.09.